The first-order valence-corrected chi connectivity index (χ1v) is 24.1. The zero-order valence-corrected chi connectivity index (χ0v) is 36.7. The van der Waals surface area contributed by atoms with Crippen LogP contribution in [0.25, 0.3) is 0 Å². The number of carbonyl (C=O) groups is 2. The Kier molecular flexibility index (Phi) is 32.8. The van der Waals surface area contributed by atoms with Gasteiger partial charge in [-0.3, -0.25) is 18.6 Å². The van der Waals surface area contributed by atoms with Crippen molar-refractivity contribution in [2.75, 3.05) is 13.2 Å². The lowest BCUT2D eigenvalue weighted by Gasteiger charge is -2.41. The molecule has 1 aliphatic rings. The molecule has 14 heteroatoms. The Labute approximate surface area is 349 Å². The second kappa shape index (κ2) is 35.0. The van der Waals surface area contributed by atoms with Crippen molar-refractivity contribution in [3.63, 3.8) is 0 Å². The van der Waals surface area contributed by atoms with Crippen LogP contribution in [0.2, 0.25) is 0 Å². The molecule has 340 valence electrons. The topological polar surface area (TPSA) is 210 Å². The van der Waals surface area contributed by atoms with E-state index >= 15 is 0 Å². The molecule has 6 N–H and O–H groups in total. The average Bonchev–Trinajstić information content (AvgIpc) is 3.20. The number of hydrogen-bond acceptors (Lipinski definition) is 12. The SMILES string of the molecule is CCCCC/C=C\C/C=C\CCCCCCCCCCCC(=O)O[C@H](COC(=O)CCCCCCCCCCCC)COP(=O)(O)OC1C(O)C(O)C(O)[C@@H](O)C1O. The summed E-state index contributed by atoms with van der Waals surface area (Å²) in [4.78, 5) is 35.6. The lowest BCUT2D eigenvalue weighted by Crippen LogP contribution is -2.64. The van der Waals surface area contributed by atoms with E-state index in [0.29, 0.717) is 12.8 Å². The number of rotatable bonds is 37. The van der Waals surface area contributed by atoms with Gasteiger partial charge < -0.3 is 39.9 Å². The number of hydrogen-bond donors (Lipinski definition) is 6. The normalized spacial score (nSPS) is 22.7. The smallest absolute Gasteiger partial charge is 0.462 e. The van der Waals surface area contributed by atoms with Gasteiger partial charge >= 0.3 is 19.8 Å². The second-order valence-electron chi connectivity index (χ2n) is 15.9. The highest BCUT2D eigenvalue weighted by molar-refractivity contribution is 7.47. The van der Waals surface area contributed by atoms with Crippen LogP contribution in [0.4, 0.5) is 0 Å². The molecule has 0 amide bonds. The lowest BCUT2D eigenvalue weighted by molar-refractivity contribution is -0.220. The van der Waals surface area contributed by atoms with Crippen LogP contribution in [-0.2, 0) is 32.7 Å². The first-order chi connectivity index (χ1) is 27.9. The molecular formula is C44H81O13P. The van der Waals surface area contributed by atoms with Gasteiger partial charge in [-0.25, -0.2) is 4.57 Å². The maximum Gasteiger partial charge on any atom is 0.472 e. The van der Waals surface area contributed by atoms with Crippen molar-refractivity contribution in [3.05, 3.63) is 24.3 Å². The van der Waals surface area contributed by atoms with E-state index in [1.54, 1.807) is 0 Å². The minimum Gasteiger partial charge on any atom is -0.462 e. The van der Waals surface area contributed by atoms with Crippen molar-refractivity contribution in [1.29, 1.82) is 0 Å². The molecule has 0 aromatic rings. The maximum absolute atomic E-state index is 12.8. The van der Waals surface area contributed by atoms with Crippen molar-refractivity contribution >= 4 is 19.8 Å². The first-order valence-electron chi connectivity index (χ1n) is 22.6. The zero-order chi connectivity index (χ0) is 42.9. The van der Waals surface area contributed by atoms with Gasteiger partial charge in [0.05, 0.1) is 6.61 Å². The Bertz CT molecular complexity index is 1120. The van der Waals surface area contributed by atoms with Crippen LogP contribution in [0.5, 0.6) is 0 Å². The molecule has 1 saturated carbocycles. The molecule has 0 aromatic heterocycles. The second-order valence-corrected chi connectivity index (χ2v) is 17.3. The number of aliphatic hydroxyl groups is 5. The van der Waals surface area contributed by atoms with Crippen LogP contribution >= 0.6 is 7.82 Å². The Morgan fingerprint density at radius 2 is 0.931 bits per heavy atom. The minimum atomic E-state index is -5.11. The van der Waals surface area contributed by atoms with Crippen LogP contribution in [-0.4, -0.2) is 98.3 Å². The summed E-state index contributed by atoms with van der Waals surface area (Å²) in [5.74, 6) is -1.10. The fraction of sp³-hybridized carbons (Fsp3) is 0.864. The number of phosphoric acid groups is 1. The van der Waals surface area contributed by atoms with E-state index in [0.717, 1.165) is 57.8 Å². The largest absolute Gasteiger partial charge is 0.472 e. The summed E-state index contributed by atoms with van der Waals surface area (Å²) in [7, 11) is -5.11. The summed E-state index contributed by atoms with van der Waals surface area (Å²) in [6, 6.07) is 0. The van der Waals surface area contributed by atoms with E-state index in [-0.39, 0.29) is 12.8 Å². The van der Waals surface area contributed by atoms with Crippen LogP contribution in [0.15, 0.2) is 24.3 Å². The van der Waals surface area contributed by atoms with Gasteiger partial charge in [0.1, 0.15) is 43.2 Å². The van der Waals surface area contributed by atoms with E-state index in [2.05, 4.69) is 38.2 Å². The molecule has 0 aromatic carbocycles. The van der Waals surface area contributed by atoms with Crippen molar-refractivity contribution < 1.29 is 63.1 Å². The monoisotopic (exact) mass is 849 g/mol. The molecule has 0 saturated heterocycles. The minimum absolute atomic E-state index is 0.0943. The molecule has 0 radical (unpaired) electrons. The van der Waals surface area contributed by atoms with Crippen LogP contribution in [0.3, 0.4) is 0 Å². The van der Waals surface area contributed by atoms with Gasteiger partial charge in [0.2, 0.25) is 0 Å². The highest BCUT2D eigenvalue weighted by Crippen LogP contribution is 2.47. The third-order valence-corrected chi connectivity index (χ3v) is 11.5. The van der Waals surface area contributed by atoms with Crippen molar-refractivity contribution in [3.8, 4) is 0 Å². The van der Waals surface area contributed by atoms with Gasteiger partial charge in [-0.05, 0) is 44.9 Å². The predicted octanol–water partition coefficient (Wildman–Crippen LogP) is 8.45. The molecule has 58 heavy (non-hydrogen) atoms. The van der Waals surface area contributed by atoms with Gasteiger partial charge in [0, 0.05) is 12.8 Å². The molecule has 1 rings (SSSR count). The lowest BCUT2D eigenvalue weighted by atomic mass is 9.85. The number of unbranched alkanes of at least 4 members (excludes halogenated alkanes) is 21. The highest BCUT2D eigenvalue weighted by Gasteiger charge is 2.51. The van der Waals surface area contributed by atoms with Gasteiger partial charge in [-0.1, -0.05) is 154 Å². The van der Waals surface area contributed by atoms with E-state index < -0.39 is 75.7 Å². The van der Waals surface area contributed by atoms with E-state index in [1.165, 1.54) is 89.9 Å². The molecular weight excluding hydrogens is 767 g/mol. The summed E-state index contributed by atoms with van der Waals surface area (Å²) in [6.07, 6.45) is 23.8. The zero-order valence-electron chi connectivity index (χ0n) is 35.8. The summed E-state index contributed by atoms with van der Waals surface area (Å²) >= 11 is 0. The summed E-state index contributed by atoms with van der Waals surface area (Å²) < 4.78 is 33.5. The Morgan fingerprint density at radius 3 is 1.43 bits per heavy atom. The Hall–Kier alpha value is -1.67. The standard InChI is InChI=1S/C44H81O13P/c1-3-5-7-9-11-13-15-16-17-18-19-20-21-22-23-25-27-29-31-33-38(46)56-36(34-54-37(45)32-30-28-26-24-14-12-10-8-6-4-2)35-55-58(52,53)57-44-42(50)40(48)39(47)41(49)43(44)51/h11,13,16-17,36,39-44,47-51H,3-10,12,14-15,18-35H2,1-2H3,(H,52,53)/b13-11-,17-16-/t36-,39?,40-,41?,42?,43?,44?/m1/s1. The van der Waals surface area contributed by atoms with Crippen molar-refractivity contribution in [2.45, 2.75) is 230 Å². The summed E-state index contributed by atoms with van der Waals surface area (Å²) in [5, 5.41) is 50.1. The number of esters is 2. The fourth-order valence-electron chi connectivity index (χ4n) is 6.85. The number of phosphoric ester groups is 1. The van der Waals surface area contributed by atoms with E-state index in [1.807, 2.05) is 0 Å². The maximum atomic E-state index is 12.8. The number of ether oxygens (including phenoxy) is 2. The van der Waals surface area contributed by atoms with Crippen LogP contribution < -0.4 is 0 Å². The first kappa shape index (κ1) is 54.3. The summed E-state index contributed by atoms with van der Waals surface area (Å²) in [6.45, 7) is 3.25. The molecule has 0 aliphatic heterocycles. The quantitative estimate of drug-likeness (QED) is 0.0150. The van der Waals surface area contributed by atoms with E-state index in [9.17, 15) is 44.6 Å². The van der Waals surface area contributed by atoms with E-state index in [4.69, 9.17) is 18.5 Å². The predicted molar refractivity (Wildman–Crippen MR) is 226 cm³/mol. The molecule has 0 heterocycles. The van der Waals surface area contributed by atoms with Gasteiger partial charge in [-0.15, -0.1) is 0 Å². The van der Waals surface area contributed by atoms with Crippen LogP contribution in [0, 0.1) is 0 Å². The molecule has 0 bridgehead atoms. The molecule has 13 nitrogen and oxygen atoms in total. The van der Waals surface area contributed by atoms with Crippen molar-refractivity contribution in [1.82, 2.24) is 0 Å². The Morgan fingerprint density at radius 1 is 0.534 bits per heavy atom. The number of carbonyl (C=O) groups excluding carboxylic acids is 2. The van der Waals surface area contributed by atoms with Gasteiger partial charge in [0.25, 0.3) is 0 Å². The molecule has 8 atom stereocenters. The highest BCUT2D eigenvalue weighted by atomic mass is 31.2. The van der Waals surface area contributed by atoms with Gasteiger partial charge in [0.15, 0.2) is 6.10 Å². The third kappa shape index (κ3) is 27.2. The van der Waals surface area contributed by atoms with Crippen LogP contribution in [0.1, 0.15) is 187 Å². The molecule has 0 spiro atoms. The molecule has 1 fully saturated rings. The molecule has 1 aliphatic carbocycles. The third-order valence-electron chi connectivity index (χ3n) is 10.5. The molecule has 6 unspecified atom stereocenters. The Balaban J connectivity index is 2.44. The fourth-order valence-corrected chi connectivity index (χ4v) is 7.82. The van der Waals surface area contributed by atoms with Gasteiger partial charge in [-0.2, -0.15) is 0 Å². The number of allylic oxidation sites excluding steroid dienone is 4. The van der Waals surface area contributed by atoms with Crippen molar-refractivity contribution in [2.24, 2.45) is 0 Å². The average molecular weight is 849 g/mol. The summed E-state index contributed by atoms with van der Waals surface area (Å²) in [5.41, 5.74) is 0. The number of aliphatic hydroxyl groups excluding tert-OH is 5.